The van der Waals surface area contributed by atoms with Crippen LogP contribution in [0.2, 0.25) is 0 Å². The zero-order valence-corrected chi connectivity index (χ0v) is 17.8. The highest BCUT2D eigenvalue weighted by Crippen LogP contribution is 2.28. The molecule has 30 heavy (non-hydrogen) atoms. The van der Waals surface area contributed by atoms with Crippen molar-refractivity contribution in [1.82, 2.24) is 5.32 Å². The van der Waals surface area contributed by atoms with Crippen LogP contribution in [0.5, 0.6) is 11.5 Å². The standard InChI is InChI=1S/C24H29NO5/c1-16(19-10-9-18-6-4-5-7-20(18)14-19)25-23(26)15-30-24(27)13-17-8-11-21(28-2)22(12-17)29-3/h8-12,14,16H,4-7,13,15H2,1-3H3,(H,25,26)/t16-/m0/s1. The third-order valence-electron chi connectivity index (χ3n) is 5.41. The van der Waals surface area contributed by atoms with E-state index >= 15 is 0 Å². The van der Waals surface area contributed by atoms with Crippen molar-refractivity contribution in [3.8, 4) is 11.5 Å². The molecule has 0 aliphatic heterocycles. The third-order valence-corrected chi connectivity index (χ3v) is 5.41. The molecule has 0 unspecified atom stereocenters. The van der Waals surface area contributed by atoms with Gasteiger partial charge in [0.15, 0.2) is 18.1 Å². The minimum Gasteiger partial charge on any atom is -0.493 e. The molecule has 160 valence electrons. The van der Waals surface area contributed by atoms with Gasteiger partial charge in [0.2, 0.25) is 0 Å². The molecule has 0 spiro atoms. The number of ether oxygens (including phenoxy) is 3. The lowest BCUT2D eigenvalue weighted by atomic mass is 9.89. The summed E-state index contributed by atoms with van der Waals surface area (Å²) >= 11 is 0. The summed E-state index contributed by atoms with van der Waals surface area (Å²) in [6, 6.07) is 11.5. The van der Waals surface area contributed by atoms with Crippen LogP contribution in [0.15, 0.2) is 36.4 Å². The van der Waals surface area contributed by atoms with Crippen LogP contribution in [0.3, 0.4) is 0 Å². The smallest absolute Gasteiger partial charge is 0.310 e. The number of aryl methyl sites for hydroxylation is 2. The fraction of sp³-hybridized carbons (Fsp3) is 0.417. The largest absolute Gasteiger partial charge is 0.493 e. The van der Waals surface area contributed by atoms with E-state index in [2.05, 4.69) is 23.5 Å². The molecule has 0 radical (unpaired) electrons. The van der Waals surface area contributed by atoms with Gasteiger partial charge in [0, 0.05) is 0 Å². The molecule has 0 bridgehead atoms. The molecular weight excluding hydrogens is 382 g/mol. The Kier molecular flexibility index (Phi) is 7.33. The molecule has 0 heterocycles. The summed E-state index contributed by atoms with van der Waals surface area (Å²) in [6.07, 6.45) is 4.73. The van der Waals surface area contributed by atoms with Crippen LogP contribution in [0.4, 0.5) is 0 Å². The van der Waals surface area contributed by atoms with Crippen molar-refractivity contribution in [3.63, 3.8) is 0 Å². The van der Waals surface area contributed by atoms with Gasteiger partial charge >= 0.3 is 5.97 Å². The number of carbonyl (C=O) groups is 2. The summed E-state index contributed by atoms with van der Waals surface area (Å²) in [6.45, 7) is 1.63. The number of benzene rings is 2. The summed E-state index contributed by atoms with van der Waals surface area (Å²) in [4.78, 5) is 24.3. The van der Waals surface area contributed by atoms with Crippen molar-refractivity contribution in [1.29, 1.82) is 0 Å². The molecule has 2 aromatic carbocycles. The number of fused-ring (bicyclic) bond motifs is 1. The van der Waals surface area contributed by atoms with Crippen molar-refractivity contribution >= 4 is 11.9 Å². The van der Waals surface area contributed by atoms with Gasteiger partial charge in [0.25, 0.3) is 5.91 Å². The van der Waals surface area contributed by atoms with Crippen molar-refractivity contribution < 1.29 is 23.8 Å². The lowest BCUT2D eigenvalue weighted by Gasteiger charge is -2.20. The lowest BCUT2D eigenvalue weighted by molar-refractivity contribution is -0.148. The Hall–Kier alpha value is -3.02. The van der Waals surface area contributed by atoms with Crippen LogP contribution >= 0.6 is 0 Å². The second kappa shape index (κ2) is 10.1. The van der Waals surface area contributed by atoms with Gasteiger partial charge in [0.05, 0.1) is 26.7 Å². The highest BCUT2D eigenvalue weighted by Gasteiger charge is 2.16. The molecule has 6 heteroatoms. The first-order chi connectivity index (χ1) is 14.5. The number of amides is 1. The van der Waals surface area contributed by atoms with Crippen LogP contribution in [0.25, 0.3) is 0 Å². The topological polar surface area (TPSA) is 73.9 Å². The molecule has 0 saturated carbocycles. The molecule has 2 aromatic rings. The number of rotatable bonds is 8. The molecule has 6 nitrogen and oxygen atoms in total. The van der Waals surface area contributed by atoms with E-state index in [1.807, 2.05) is 6.92 Å². The molecule has 0 aromatic heterocycles. The van der Waals surface area contributed by atoms with E-state index in [0.717, 1.165) is 24.0 Å². The number of hydrogen-bond acceptors (Lipinski definition) is 5. The summed E-state index contributed by atoms with van der Waals surface area (Å²) in [5.74, 6) is 0.337. The molecule has 0 saturated heterocycles. The molecule has 1 aliphatic carbocycles. The maximum atomic E-state index is 12.2. The Bertz CT molecular complexity index is 908. The Balaban J connectivity index is 1.48. The van der Waals surface area contributed by atoms with E-state index in [4.69, 9.17) is 14.2 Å². The maximum absolute atomic E-state index is 12.2. The minimum absolute atomic E-state index is 0.0496. The predicted octanol–water partition coefficient (Wildman–Crippen LogP) is 3.55. The Morgan fingerprint density at radius 1 is 0.967 bits per heavy atom. The monoisotopic (exact) mass is 411 g/mol. The molecule has 3 rings (SSSR count). The van der Waals surface area contributed by atoms with E-state index in [0.29, 0.717) is 11.5 Å². The first kappa shape index (κ1) is 21.7. The zero-order chi connectivity index (χ0) is 21.5. The van der Waals surface area contributed by atoms with E-state index < -0.39 is 5.97 Å². The lowest BCUT2D eigenvalue weighted by Crippen LogP contribution is -2.31. The van der Waals surface area contributed by atoms with Gasteiger partial charge in [-0.3, -0.25) is 9.59 Å². The fourth-order valence-electron chi connectivity index (χ4n) is 3.74. The average molecular weight is 411 g/mol. The molecule has 1 atom stereocenters. The van der Waals surface area contributed by atoms with E-state index in [1.54, 1.807) is 25.3 Å². The first-order valence-electron chi connectivity index (χ1n) is 10.3. The Morgan fingerprint density at radius 2 is 1.70 bits per heavy atom. The number of hydrogen-bond donors (Lipinski definition) is 1. The average Bonchev–Trinajstić information content (AvgIpc) is 2.77. The molecular formula is C24H29NO5. The van der Waals surface area contributed by atoms with Crippen LogP contribution in [0.1, 0.15) is 48.1 Å². The third kappa shape index (κ3) is 5.53. The number of esters is 1. The zero-order valence-electron chi connectivity index (χ0n) is 17.8. The van der Waals surface area contributed by atoms with Gasteiger partial charge in [-0.1, -0.05) is 24.3 Å². The van der Waals surface area contributed by atoms with Crippen molar-refractivity contribution in [2.24, 2.45) is 0 Å². The molecule has 1 amide bonds. The molecule has 1 aliphatic rings. The van der Waals surface area contributed by atoms with Crippen molar-refractivity contribution in [3.05, 3.63) is 58.7 Å². The van der Waals surface area contributed by atoms with E-state index in [9.17, 15) is 9.59 Å². The van der Waals surface area contributed by atoms with Gasteiger partial charge in [-0.05, 0) is 67.0 Å². The van der Waals surface area contributed by atoms with Gasteiger partial charge in [-0.15, -0.1) is 0 Å². The highest BCUT2D eigenvalue weighted by molar-refractivity contribution is 5.81. The van der Waals surface area contributed by atoms with Gasteiger partial charge in [-0.25, -0.2) is 0 Å². The minimum atomic E-state index is -0.473. The summed E-state index contributed by atoms with van der Waals surface area (Å²) in [5, 5.41) is 2.90. The molecule has 1 N–H and O–H groups in total. The predicted molar refractivity (Wildman–Crippen MR) is 114 cm³/mol. The van der Waals surface area contributed by atoms with Crippen LogP contribution < -0.4 is 14.8 Å². The fourth-order valence-corrected chi connectivity index (χ4v) is 3.74. The number of methoxy groups -OCH3 is 2. The van der Waals surface area contributed by atoms with Gasteiger partial charge in [-0.2, -0.15) is 0 Å². The van der Waals surface area contributed by atoms with Crippen LogP contribution in [0, 0.1) is 0 Å². The van der Waals surface area contributed by atoms with Gasteiger partial charge in [0.1, 0.15) is 0 Å². The first-order valence-corrected chi connectivity index (χ1v) is 10.3. The molecule has 0 fully saturated rings. The summed E-state index contributed by atoms with van der Waals surface area (Å²) < 4.78 is 15.6. The number of nitrogens with one attached hydrogen (secondary N) is 1. The van der Waals surface area contributed by atoms with Gasteiger partial charge < -0.3 is 19.5 Å². The normalized spacial score (nSPS) is 13.7. The van der Waals surface area contributed by atoms with Crippen molar-refractivity contribution in [2.45, 2.75) is 45.1 Å². The maximum Gasteiger partial charge on any atom is 0.310 e. The van der Waals surface area contributed by atoms with Crippen LogP contribution in [-0.4, -0.2) is 32.7 Å². The second-order valence-corrected chi connectivity index (χ2v) is 7.55. The van der Waals surface area contributed by atoms with Crippen molar-refractivity contribution in [2.75, 3.05) is 20.8 Å². The Labute approximate surface area is 177 Å². The van der Waals surface area contributed by atoms with E-state index in [1.165, 1.54) is 31.1 Å². The second-order valence-electron chi connectivity index (χ2n) is 7.55. The van der Waals surface area contributed by atoms with Crippen LogP contribution in [-0.2, 0) is 33.6 Å². The highest BCUT2D eigenvalue weighted by atomic mass is 16.5. The SMILES string of the molecule is COc1ccc(CC(=O)OCC(=O)N[C@@H](C)c2ccc3c(c2)CCCC3)cc1OC. The quantitative estimate of drug-likeness (QED) is 0.673. The summed E-state index contributed by atoms with van der Waals surface area (Å²) in [7, 11) is 3.09. The number of carbonyl (C=O) groups excluding carboxylic acids is 2. The van der Waals surface area contributed by atoms with E-state index in [-0.39, 0.29) is 25.0 Å². The Morgan fingerprint density at radius 3 is 2.43 bits per heavy atom. The summed E-state index contributed by atoms with van der Waals surface area (Å²) in [5.41, 5.74) is 4.58.